The first kappa shape index (κ1) is 13.6. The van der Waals surface area contributed by atoms with E-state index in [-0.39, 0.29) is 12.1 Å². The Kier molecular flexibility index (Phi) is 3.81. The molecule has 20 heavy (non-hydrogen) atoms. The van der Waals surface area contributed by atoms with Crippen LogP contribution in [0.5, 0.6) is 0 Å². The third-order valence-electron chi connectivity index (χ3n) is 4.46. The highest BCUT2D eigenvalue weighted by molar-refractivity contribution is 6.45. The topological polar surface area (TPSA) is 49.8 Å². The molecular weight excluding hydrogens is 253 g/mol. The van der Waals surface area contributed by atoms with Gasteiger partial charge in [-0.05, 0) is 44.6 Å². The molecule has 2 aliphatic heterocycles. The van der Waals surface area contributed by atoms with Crippen molar-refractivity contribution in [2.75, 3.05) is 0 Å². The van der Waals surface area contributed by atoms with Crippen LogP contribution in [0.25, 0.3) is 0 Å². The molecule has 2 heterocycles. The molecule has 0 unspecified atom stereocenters. The van der Waals surface area contributed by atoms with Gasteiger partial charge in [-0.2, -0.15) is 0 Å². The quantitative estimate of drug-likeness (QED) is 0.675. The van der Waals surface area contributed by atoms with Gasteiger partial charge in [0.1, 0.15) is 6.10 Å². The molecule has 0 radical (unpaired) electrons. The van der Waals surface area contributed by atoms with Crippen molar-refractivity contribution in [3.05, 3.63) is 35.9 Å². The molecule has 0 amide bonds. The van der Waals surface area contributed by atoms with Crippen molar-refractivity contribution in [1.29, 1.82) is 0 Å². The monoisotopic (exact) mass is 273 g/mol. The van der Waals surface area contributed by atoms with Gasteiger partial charge in [0.05, 0.1) is 5.56 Å². The van der Waals surface area contributed by atoms with Gasteiger partial charge in [0.15, 0.2) is 0 Å². The number of ether oxygens (including phenoxy) is 1. The van der Waals surface area contributed by atoms with Gasteiger partial charge in [-0.25, -0.2) is 4.79 Å². The van der Waals surface area contributed by atoms with Gasteiger partial charge in [0, 0.05) is 12.1 Å². The zero-order chi connectivity index (χ0) is 14.1. The molecule has 0 spiro atoms. The maximum atomic E-state index is 12.1. The predicted molar refractivity (Wildman–Crippen MR) is 77.4 cm³/mol. The van der Waals surface area contributed by atoms with E-state index in [4.69, 9.17) is 4.74 Å². The minimum absolute atomic E-state index is 0.0183. The molecule has 2 aliphatic rings. The van der Waals surface area contributed by atoms with Crippen LogP contribution in [0.3, 0.4) is 0 Å². The first-order valence-corrected chi connectivity index (χ1v) is 7.36. The molecule has 2 bridgehead atoms. The highest BCUT2D eigenvalue weighted by Gasteiger charge is 2.44. The summed E-state index contributed by atoms with van der Waals surface area (Å²) in [6, 6.07) is 9.83. The predicted octanol–water partition coefficient (Wildman–Crippen LogP) is 1.95. The maximum Gasteiger partial charge on any atom is 0.376 e. The SMILES string of the molecule is CB(O)N1[C@@H]2CC[C@H]1C[C@@H](OC(=O)c1ccccc1)C2. The van der Waals surface area contributed by atoms with Crippen LogP contribution in [0.1, 0.15) is 36.0 Å². The summed E-state index contributed by atoms with van der Waals surface area (Å²) in [7, 11) is -0.404. The van der Waals surface area contributed by atoms with Gasteiger partial charge in [-0.15, -0.1) is 0 Å². The number of esters is 1. The van der Waals surface area contributed by atoms with E-state index in [2.05, 4.69) is 4.81 Å². The molecule has 1 aromatic carbocycles. The van der Waals surface area contributed by atoms with Crippen molar-refractivity contribution in [3.8, 4) is 0 Å². The van der Waals surface area contributed by atoms with Crippen molar-refractivity contribution in [1.82, 2.24) is 4.81 Å². The number of carbonyl (C=O) groups excluding carboxylic acids is 1. The Bertz CT molecular complexity index is 465. The second-order valence-electron chi connectivity index (χ2n) is 5.83. The Labute approximate surface area is 119 Å². The van der Waals surface area contributed by atoms with Crippen LogP contribution in [0.15, 0.2) is 30.3 Å². The first-order chi connectivity index (χ1) is 9.65. The fourth-order valence-corrected chi connectivity index (χ4v) is 3.66. The zero-order valence-electron chi connectivity index (χ0n) is 11.7. The molecule has 2 fully saturated rings. The highest BCUT2D eigenvalue weighted by Crippen LogP contribution is 2.37. The molecule has 5 heteroatoms. The van der Waals surface area contributed by atoms with Crippen molar-refractivity contribution in [2.45, 2.75) is 50.7 Å². The summed E-state index contributed by atoms with van der Waals surface area (Å²) in [5, 5.41) is 9.82. The Morgan fingerprint density at radius 3 is 2.40 bits per heavy atom. The Morgan fingerprint density at radius 1 is 1.25 bits per heavy atom. The molecule has 3 rings (SSSR count). The number of carbonyl (C=O) groups is 1. The molecule has 0 saturated carbocycles. The van der Waals surface area contributed by atoms with Gasteiger partial charge in [-0.3, -0.25) is 0 Å². The van der Waals surface area contributed by atoms with Crippen LogP contribution in [0.4, 0.5) is 0 Å². The van der Waals surface area contributed by atoms with Crippen LogP contribution < -0.4 is 0 Å². The number of fused-ring (bicyclic) bond motifs is 2. The molecule has 1 aromatic rings. The fourth-order valence-electron chi connectivity index (χ4n) is 3.66. The van der Waals surface area contributed by atoms with Crippen molar-refractivity contribution in [3.63, 3.8) is 0 Å². The average Bonchev–Trinajstić information content (AvgIpc) is 2.72. The Balaban J connectivity index is 1.63. The summed E-state index contributed by atoms with van der Waals surface area (Å²) in [6.07, 6.45) is 3.83. The lowest BCUT2D eigenvalue weighted by atomic mass is 9.79. The van der Waals surface area contributed by atoms with Gasteiger partial charge >= 0.3 is 13.0 Å². The third-order valence-corrected chi connectivity index (χ3v) is 4.46. The average molecular weight is 273 g/mol. The number of nitrogens with zero attached hydrogens (tertiary/aromatic N) is 1. The molecule has 4 nitrogen and oxygen atoms in total. The number of benzene rings is 1. The van der Waals surface area contributed by atoms with E-state index in [1.165, 1.54) is 0 Å². The zero-order valence-corrected chi connectivity index (χ0v) is 11.7. The van der Waals surface area contributed by atoms with Crippen molar-refractivity contribution >= 4 is 13.0 Å². The van der Waals surface area contributed by atoms with E-state index in [0.29, 0.717) is 17.6 Å². The lowest BCUT2D eigenvalue weighted by Gasteiger charge is -2.39. The highest BCUT2D eigenvalue weighted by atomic mass is 16.5. The molecule has 3 atom stereocenters. The maximum absolute atomic E-state index is 12.1. The lowest BCUT2D eigenvalue weighted by Crippen LogP contribution is -2.52. The van der Waals surface area contributed by atoms with Gasteiger partial charge < -0.3 is 14.6 Å². The van der Waals surface area contributed by atoms with Crippen LogP contribution >= 0.6 is 0 Å². The molecule has 2 saturated heterocycles. The molecule has 1 N–H and O–H groups in total. The molecule has 0 aromatic heterocycles. The minimum atomic E-state index is -0.404. The number of hydrogen-bond acceptors (Lipinski definition) is 4. The van der Waals surface area contributed by atoms with Crippen LogP contribution in [0, 0.1) is 0 Å². The van der Waals surface area contributed by atoms with E-state index in [0.717, 1.165) is 25.7 Å². The second kappa shape index (κ2) is 5.58. The number of rotatable bonds is 3. The van der Waals surface area contributed by atoms with Gasteiger partial charge in [0.2, 0.25) is 0 Å². The summed E-state index contributed by atoms with van der Waals surface area (Å²) >= 11 is 0. The summed E-state index contributed by atoms with van der Waals surface area (Å²) in [5.74, 6) is -0.236. The van der Waals surface area contributed by atoms with E-state index in [9.17, 15) is 9.82 Å². The first-order valence-electron chi connectivity index (χ1n) is 7.36. The number of piperidine rings is 1. The van der Waals surface area contributed by atoms with Crippen molar-refractivity contribution in [2.24, 2.45) is 0 Å². The fraction of sp³-hybridized carbons (Fsp3) is 0.533. The largest absolute Gasteiger partial charge is 0.459 e. The summed E-state index contributed by atoms with van der Waals surface area (Å²) in [4.78, 5) is 14.3. The Hall–Kier alpha value is -1.33. The van der Waals surface area contributed by atoms with Crippen LogP contribution in [0.2, 0.25) is 6.82 Å². The van der Waals surface area contributed by atoms with Gasteiger partial charge in [-0.1, -0.05) is 18.2 Å². The van der Waals surface area contributed by atoms with E-state index >= 15 is 0 Å². The minimum Gasteiger partial charge on any atom is -0.459 e. The standard InChI is InChI=1S/C15H20BNO3/c1-16(19)17-12-7-8-13(17)10-14(9-12)20-15(18)11-5-3-2-4-6-11/h2-6,12-14,19H,7-10H2,1H3/t12-,13+,14+. The van der Waals surface area contributed by atoms with E-state index in [1.54, 1.807) is 12.1 Å². The smallest absolute Gasteiger partial charge is 0.376 e. The molecule has 0 aliphatic carbocycles. The van der Waals surface area contributed by atoms with E-state index < -0.39 is 7.05 Å². The van der Waals surface area contributed by atoms with Crippen LogP contribution in [-0.2, 0) is 4.74 Å². The number of hydrogen-bond donors (Lipinski definition) is 1. The van der Waals surface area contributed by atoms with Crippen LogP contribution in [-0.4, -0.2) is 41.0 Å². The van der Waals surface area contributed by atoms with Crippen molar-refractivity contribution < 1.29 is 14.6 Å². The lowest BCUT2D eigenvalue weighted by molar-refractivity contribution is 0.00607. The third kappa shape index (κ3) is 2.60. The van der Waals surface area contributed by atoms with E-state index in [1.807, 2.05) is 25.0 Å². The summed E-state index contributed by atoms with van der Waals surface area (Å²) in [6.45, 7) is 1.82. The summed E-state index contributed by atoms with van der Waals surface area (Å²) < 4.78 is 5.64. The normalized spacial score (nSPS) is 29.2. The summed E-state index contributed by atoms with van der Waals surface area (Å²) in [5.41, 5.74) is 0.609. The second-order valence-corrected chi connectivity index (χ2v) is 5.83. The van der Waals surface area contributed by atoms with Gasteiger partial charge in [0.25, 0.3) is 0 Å². The Morgan fingerprint density at radius 2 is 1.85 bits per heavy atom. The molecule has 106 valence electrons. The molecular formula is C15H20BNO3.